The van der Waals surface area contributed by atoms with E-state index in [0.717, 1.165) is 30.7 Å². The van der Waals surface area contributed by atoms with E-state index in [2.05, 4.69) is 5.32 Å². The van der Waals surface area contributed by atoms with Gasteiger partial charge in [0, 0.05) is 25.4 Å². The van der Waals surface area contributed by atoms with Gasteiger partial charge in [0.2, 0.25) is 5.91 Å². The maximum Gasteiger partial charge on any atom is 1.00 e. The van der Waals surface area contributed by atoms with Gasteiger partial charge in [-0.15, -0.1) is 11.8 Å². The van der Waals surface area contributed by atoms with Gasteiger partial charge in [-0.25, -0.2) is 0 Å². The van der Waals surface area contributed by atoms with Gasteiger partial charge in [-0.2, -0.15) is 0 Å². The molecule has 1 fully saturated rings. The molecule has 2 aliphatic heterocycles. The van der Waals surface area contributed by atoms with E-state index < -0.39 is 52.4 Å². The number of carboxylic acid groups (broad SMARTS) is 2. The predicted octanol–water partition coefficient (Wildman–Crippen LogP) is -8.53. The average molecular weight is 508 g/mol. The number of fused-ring (bicyclic) bond motifs is 1. The van der Waals surface area contributed by atoms with Gasteiger partial charge in [0.25, 0.3) is 11.6 Å². The number of nitrogens with one attached hydrogen (secondary N) is 1. The number of esters is 1. The molecular formula is C20H18N2Na2O9S. The molecular weight excluding hydrogens is 490 g/mol. The molecule has 3 atom stereocenters. The molecule has 11 nitrogen and oxygen atoms in total. The van der Waals surface area contributed by atoms with Gasteiger partial charge in [0.1, 0.15) is 17.9 Å². The van der Waals surface area contributed by atoms with Crippen molar-refractivity contribution in [3.05, 3.63) is 47.2 Å². The van der Waals surface area contributed by atoms with Gasteiger partial charge in [-0.3, -0.25) is 19.3 Å². The van der Waals surface area contributed by atoms with E-state index in [9.17, 15) is 34.2 Å². The minimum atomic E-state index is -2.00. The Morgan fingerprint density at radius 3 is 2.32 bits per heavy atom. The first-order chi connectivity index (χ1) is 15.1. The van der Waals surface area contributed by atoms with Crippen LogP contribution in [0.4, 0.5) is 0 Å². The number of hydrogen-bond acceptors (Lipinski definition) is 10. The molecule has 1 aromatic carbocycles. The van der Waals surface area contributed by atoms with Crippen LogP contribution in [0.15, 0.2) is 41.6 Å². The molecule has 170 valence electrons. The Morgan fingerprint density at radius 1 is 1.21 bits per heavy atom. The van der Waals surface area contributed by atoms with Gasteiger partial charge in [0.05, 0.1) is 17.6 Å². The summed E-state index contributed by atoms with van der Waals surface area (Å²) in [7, 11) is 1.13. The van der Waals surface area contributed by atoms with Crippen LogP contribution in [0.1, 0.15) is 18.4 Å². The molecule has 2 aliphatic rings. The molecule has 14 heteroatoms. The van der Waals surface area contributed by atoms with Crippen molar-refractivity contribution in [2.75, 3.05) is 19.5 Å². The van der Waals surface area contributed by atoms with Crippen molar-refractivity contribution in [1.82, 2.24) is 10.2 Å². The van der Waals surface area contributed by atoms with Crippen molar-refractivity contribution in [3.8, 4) is 0 Å². The summed E-state index contributed by atoms with van der Waals surface area (Å²) >= 11 is 1.05. The standard InChI is InChI=1S/C20H20N2O9S.2Na/c1-10(23)31-8-12-9-32-19-20(30-2,18(29)22(19)14(12)17(27)28)21-15(24)13(16(25)26)11-6-4-3-5-7-11;;/h3-7,13,19H,8-9H2,1-2H3,(H,21,24)(H,25,26)(H,27,28);;/q;2*+1/p-2/t13?,19-,20-;;/m1../s1. The molecule has 0 aromatic heterocycles. The van der Waals surface area contributed by atoms with Crippen LogP contribution in [0, 0.1) is 0 Å². The molecule has 0 radical (unpaired) electrons. The third kappa shape index (κ3) is 5.71. The van der Waals surface area contributed by atoms with Crippen LogP contribution in [-0.4, -0.2) is 65.2 Å². The number of nitrogens with zero attached hydrogens (tertiary/aromatic N) is 1. The minimum Gasteiger partial charge on any atom is -0.549 e. The number of aliphatic carboxylic acids is 2. The SMILES string of the molecule is CO[C@]1(NC(=O)C(C(=O)[O-])c2ccccc2)C(=O)N2C(C(=O)[O-])=C(COC(C)=O)CS[C@@H]21.[Na+].[Na+]. The molecule has 1 saturated heterocycles. The Kier molecular flexibility index (Phi) is 11.3. The third-order valence-corrected chi connectivity index (χ3v) is 6.39. The predicted molar refractivity (Wildman–Crippen MR) is 104 cm³/mol. The van der Waals surface area contributed by atoms with Crippen LogP contribution in [-0.2, 0) is 33.4 Å². The van der Waals surface area contributed by atoms with Crippen LogP contribution in [0.3, 0.4) is 0 Å². The fraction of sp³-hybridized carbons (Fsp3) is 0.350. The largest absolute Gasteiger partial charge is 1.00 e. The number of carbonyl (C=O) groups excluding carboxylic acids is 5. The molecule has 0 bridgehead atoms. The Labute approximate surface area is 243 Å². The summed E-state index contributed by atoms with van der Waals surface area (Å²) in [5, 5.41) is 24.7. The number of ether oxygens (including phenoxy) is 2. The van der Waals surface area contributed by atoms with Crippen molar-refractivity contribution in [1.29, 1.82) is 0 Å². The Hall–Kier alpha value is -1.38. The fourth-order valence-electron chi connectivity index (χ4n) is 3.53. The molecule has 0 spiro atoms. The quantitative estimate of drug-likeness (QED) is 0.117. The van der Waals surface area contributed by atoms with Crippen molar-refractivity contribution in [3.63, 3.8) is 0 Å². The Balaban J connectivity index is 0.00000289. The van der Waals surface area contributed by atoms with Crippen molar-refractivity contribution < 1.29 is 103 Å². The maximum atomic E-state index is 13.0. The van der Waals surface area contributed by atoms with Crippen molar-refractivity contribution in [2.45, 2.75) is 23.9 Å². The number of methoxy groups -OCH3 is 1. The summed E-state index contributed by atoms with van der Waals surface area (Å²) in [6, 6.07) is 7.56. The number of thioether (sulfide) groups is 1. The average Bonchev–Trinajstić information content (AvgIpc) is 2.75. The second kappa shape index (κ2) is 12.5. The van der Waals surface area contributed by atoms with Crippen molar-refractivity contribution >= 4 is 41.5 Å². The summed E-state index contributed by atoms with van der Waals surface area (Å²) in [5.41, 5.74) is -2.21. The third-order valence-electron chi connectivity index (χ3n) is 5.01. The minimum absolute atomic E-state index is 0. The van der Waals surface area contributed by atoms with Gasteiger partial charge in [-0.1, -0.05) is 30.3 Å². The van der Waals surface area contributed by atoms with Crippen LogP contribution in [0.25, 0.3) is 0 Å². The summed E-state index contributed by atoms with van der Waals surface area (Å²) in [5.74, 6) is -7.67. The van der Waals surface area contributed by atoms with Crippen molar-refractivity contribution in [2.24, 2.45) is 0 Å². The van der Waals surface area contributed by atoms with Gasteiger partial charge < -0.3 is 34.6 Å². The van der Waals surface area contributed by atoms with Gasteiger partial charge in [0.15, 0.2) is 0 Å². The number of hydrogen-bond donors (Lipinski definition) is 1. The van der Waals surface area contributed by atoms with E-state index in [4.69, 9.17) is 9.47 Å². The molecule has 3 rings (SSSR count). The fourth-order valence-corrected chi connectivity index (χ4v) is 4.95. The second-order valence-corrected chi connectivity index (χ2v) is 8.02. The van der Waals surface area contributed by atoms with Crippen LogP contribution >= 0.6 is 11.8 Å². The molecule has 0 saturated carbocycles. The summed E-state index contributed by atoms with van der Waals surface area (Å²) in [6.45, 7) is 0.800. The first-order valence-electron chi connectivity index (χ1n) is 9.29. The number of carbonyl (C=O) groups is 5. The number of benzene rings is 1. The molecule has 1 aromatic rings. The zero-order valence-electron chi connectivity index (χ0n) is 19.0. The topological polar surface area (TPSA) is 165 Å². The number of rotatable bonds is 8. The Bertz CT molecular complexity index is 1020. The molecule has 2 heterocycles. The first-order valence-corrected chi connectivity index (χ1v) is 10.3. The molecule has 0 aliphatic carbocycles. The first kappa shape index (κ1) is 30.7. The van der Waals surface area contributed by atoms with E-state index >= 15 is 0 Å². The normalized spacial score (nSPS) is 21.6. The van der Waals surface area contributed by atoms with E-state index in [-0.39, 0.29) is 82.6 Å². The van der Waals surface area contributed by atoms with E-state index in [0.29, 0.717) is 0 Å². The van der Waals surface area contributed by atoms with Gasteiger partial charge >= 0.3 is 65.1 Å². The Morgan fingerprint density at radius 2 is 1.82 bits per heavy atom. The zero-order chi connectivity index (χ0) is 23.6. The number of amides is 2. The summed E-state index contributed by atoms with van der Waals surface area (Å²) < 4.78 is 10.1. The smallest absolute Gasteiger partial charge is 0.549 e. The van der Waals surface area contributed by atoms with E-state index in [1.54, 1.807) is 18.2 Å². The van der Waals surface area contributed by atoms with E-state index in [1.165, 1.54) is 12.1 Å². The van der Waals surface area contributed by atoms with Gasteiger partial charge in [-0.05, 0) is 5.56 Å². The number of β-lactam (4-membered cyclic amide) rings is 1. The van der Waals surface area contributed by atoms with Crippen LogP contribution in [0.5, 0.6) is 0 Å². The second-order valence-electron chi connectivity index (χ2n) is 6.95. The monoisotopic (exact) mass is 508 g/mol. The van der Waals surface area contributed by atoms with Crippen LogP contribution < -0.4 is 74.6 Å². The molecule has 2 amide bonds. The summed E-state index contributed by atoms with van der Waals surface area (Å²) in [6.07, 6.45) is 0. The van der Waals surface area contributed by atoms with E-state index in [1.807, 2.05) is 0 Å². The molecule has 1 N–H and O–H groups in total. The zero-order valence-corrected chi connectivity index (χ0v) is 23.8. The maximum absolute atomic E-state index is 13.0. The summed E-state index contributed by atoms with van der Waals surface area (Å²) in [4.78, 5) is 61.1. The molecule has 34 heavy (non-hydrogen) atoms. The van der Waals surface area contributed by atoms with Crippen LogP contribution in [0.2, 0.25) is 0 Å². The molecule has 1 unspecified atom stereocenters. The number of carboxylic acids is 2.